The molecule has 0 atom stereocenters. The molecule has 0 aliphatic carbocycles. The molecule has 0 amide bonds. The molecule has 2 heterocycles. The van der Waals surface area contributed by atoms with Gasteiger partial charge in [0.25, 0.3) is 0 Å². The average Bonchev–Trinajstić information content (AvgIpc) is 2.51. The number of hydrogen-bond acceptors (Lipinski definition) is 4. The first kappa shape index (κ1) is 14.7. The Hall–Kier alpha value is -2.24. The zero-order valence-corrected chi connectivity index (χ0v) is 12.6. The number of nitrogens with one attached hydrogen (secondary N) is 1. The Balaban J connectivity index is 1.94. The van der Waals surface area contributed by atoms with Gasteiger partial charge in [0.05, 0.1) is 5.02 Å². The van der Waals surface area contributed by atoms with Gasteiger partial charge in [-0.3, -0.25) is 4.98 Å². The van der Waals surface area contributed by atoms with Crippen LogP contribution >= 0.6 is 23.2 Å². The van der Waals surface area contributed by atoms with Crippen LogP contribution in [-0.2, 0) is 0 Å². The van der Waals surface area contributed by atoms with Crippen LogP contribution in [0, 0.1) is 5.82 Å². The van der Waals surface area contributed by atoms with E-state index in [0.717, 1.165) is 0 Å². The molecule has 110 valence electrons. The quantitative estimate of drug-likeness (QED) is 0.703. The van der Waals surface area contributed by atoms with E-state index in [1.807, 2.05) is 6.07 Å². The molecule has 0 aliphatic heterocycles. The number of nitrogens with zero attached hydrogens (tertiary/aromatic N) is 3. The topological polar surface area (TPSA) is 50.7 Å². The molecule has 3 aromatic rings. The van der Waals surface area contributed by atoms with Gasteiger partial charge in [-0.2, -0.15) is 0 Å². The van der Waals surface area contributed by atoms with Gasteiger partial charge in [-0.05, 0) is 30.3 Å². The second kappa shape index (κ2) is 6.25. The summed E-state index contributed by atoms with van der Waals surface area (Å²) in [7, 11) is 0. The van der Waals surface area contributed by atoms with Gasteiger partial charge >= 0.3 is 0 Å². The van der Waals surface area contributed by atoms with E-state index in [1.165, 1.54) is 12.1 Å². The number of benzene rings is 1. The van der Waals surface area contributed by atoms with Gasteiger partial charge < -0.3 is 5.32 Å². The molecule has 0 saturated carbocycles. The Morgan fingerprint density at radius 1 is 1.00 bits per heavy atom. The lowest BCUT2D eigenvalue weighted by molar-refractivity contribution is 0.628. The molecule has 1 aromatic carbocycles. The van der Waals surface area contributed by atoms with Crippen molar-refractivity contribution in [3.05, 3.63) is 64.7 Å². The SMILES string of the molecule is Fc1ccc(Nc2cc(Cl)nc(-c3ccccn3)n2)cc1Cl. The number of halogens is 3. The molecule has 0 radical (unpaired) electrons. The average molecular weight is 335 g/mol. The van der Waals surface area contributed by atoms with Crippen molar-refractivity contribution < 1.29 is 4.39 Å². The van der Waals surface area contributed by atoms with Crippen molar-refractivity contribution in [2.45, 2.75) is 0 Å². The fourth-order valence-electron chi connectivity index (χ4n) is 1.81. The monoisotopic (exact) mass is 334 g/mol. The maximum absolute atomic E-state index is 13.2. The summed E-state index contributed by atoms with van der Waals surface area (Å²) in [5.74, 6) is 0.370. The first-order chi connectivity index (χ1) is 10.6. The number of aromatic nitrogens is 3. The number of anilines is 2. The van der Waals surface area contributed by atoms with E-state index < -0.39 is 5.82 Å². The predicted molar refractivity (Wildman–Crippen MR) is 85.0 cm³/mol. The summed E-state index contributed by atoms with van der Waals surface area (Å²) in [5, 5.41) is 3.30. The van der Waals surface area contributed by atoms with Crippen LogP contribution in [0.2, 0.25) is 10.2 Å². The number of rotatable bonds is 3. The molecule has 2 aromatic heterocycles. The molecule has 0 fully saturated rings. The third kappa shape index (κ3) is 3.32. The Morgan fingerprint density at radius 3 is 2.59 bits per heavy atom. The fraction of sp³-hybridized carbons (Fsp3) is 0. The highest BCUT2D eigenvalue weighted by atomic mass is 35.5. The molecule has 3 rings (SSSR count). The highest BCUT2D eigenvalue weighted by Gasteiger charge is 2.08. The second-order valence-electron chi connectivity index (χ2n) is 4.37. The van der Waals surface area contributed by atoms with Gasteiger partial charge in [0.15, 0.2) is 5.82 Å². The minimum absolute atomic E-state index is 0.0232. The molecule has 0 saturated heterocycles. The third-order valence-electron chi connectivity index (χ3n) is 2.78. The summed E-state index contributed by atoms with van der Waals surface area (Å²) in [6, 6.07) is 11.3. The molecule has 0 spiro atoms. The van der Waals surface area contributed by atoms with Crippen molar-refractivity contribution in [1.82, 2.24) is 15.0 Å². The lowest BCUT2D eigenvalue weighted by atomic mass is 10.3. The van der Waals surface area contributed by atoms with Crippen LogP contribution in [-0.4, -0.2) is 15.0 Å². The molecule has 0 aliphatic rings. The summed E-state index contributed by atoms with van der Waals surface area (Å²) in [4.78, 5) is 12.7. The molecule has 4 nitrogen and oxygen atoms in total. The van der Waals surface area contributed by atoms with Crippen LogP contribution in [0.25, 0.3) is 11.5 Å². The van der Waals surface area contributed by atoms with Gasteiger partial charge in [0, 0.05) is 18.0 Å². The summed E-state index contributed by atoms with van der Waals surface area (Å²) < 4.78 is 13.2. The summed E-state index contributed by atoms with van der Waals surface area (Å²) >= 11 is 11.8. The maximum atomic E-state index is 13.2. The molecule has 22 heavy (non-hydrogen) atoms. The van der Waals surface area contributed by atoms with Crippen LogP contribution < -0.4 is 5.32 Å². The molecular formula is C15H9Cl2FN4. The van der Waals surface area contributed by atoms with E-state index in [1.54, 1.807) is 30.5 Å². The molecule has 7 heteroatoms. The van der Waals surface area contributed by atoms with Crippen molar-refractivity contribution >= 4 is 34.7 Å². The predicted octanol–water partition coefficient (Wildman–Crippen LogP) is 4.73. The van der Waals surface area contributed by atoms with Gasteiger partial charge in [-0.15, -0.1) is 0 Å². The normalized spacial score (nSPS) is 10.5. The van der Waals surface area contributed by atoms with Gasteiger partial charge in [0.2, 0.25) is 0 Å². The van der Waals surface area contributed by atoms with E-state index in [2.05, 4.69) is 20.3 Å². The lowest BCUT2D eigenvalue weighted by Crippen LogP contribution is -1.99. The lowest BCUT2D eigenvalue weighted by Gasteiger charge is -2.08. The van der Waals surface area contributed by atoms with E-state index in [-0.39, 0.29) is 10.2 Å². The highest BCUT2D eigenvalue weighted by molar-refractivity contribution is 6.31. The van der Waals surface area contributed by atoms with Gasteiger partial charge in [0.1, 0.15) is 22.5 Å². The van der Waals surface area contributed by atoms with Crippen LogP contribution in [0.5, 0.6) is 0 Å². The van der Waals surface area contributed by atoms with Gasteiger partial charge in [-0.1, -0.05) is 29.3 Å². The minimum Gasteiger partial charge on any atom is -0.340 e. The zero-order chi connectivity index (χ0) is 15.5. The van der Waals surface area contributed by atoms with Crippen molar-refractivity contribution in [2.24, 2.45) is 0 Å². The van der Waals surface area contributed by atoms with Crippen molar-refractivity contribution in [3.63, 3.8) is 0 Å². The van der Waals surface area contributed by atoms with Crippen molar-refractivity contribution in [1.29, 1.82) is 0 Å². The second-order valence-corrected chi connectivity index (χ2v) is 5.16. The van der Waals surface area contributed by atoms with Gasteiger partial charge in [-0.25, -0.2) is 14.4 Å². The maximum Gasteiger partial charge on any atom is 0.181 e. The van der Waals surface area contributed by atoms with E-state index in [9.17, 15) is 4.39 Å². The smallest absolute Gasteiger partial charge is 0.181 e. The minimum atomic E-state index is -0.484. The Kier molecular flexibility index (Phi) is 4.18. The molecule has 1 N–H and O–H groups in total. The molecule has 0 bridgehead atoms. The van der Waals surface area contributed by atoms with E-state index in [0.29, 0.717) is 23.0 Å². The first-order valence-electron chi connectivity index (χ1n) is 6.30. The number of pyridine rings is 1. The Morgan fingerprint density at radius 2 is 1.86 bits per heavy atom. The zero-order valence-electron chi connectivity index (χ0n) is 11.1. The Labute approximate surface area is 136 Å². The summed E-state index contributed by atoms with van der Waals surface area (Å²) in [5.41, 5.74) is 1.19. The molecule has 0 unspecified atom stereocenters. The van der Waals surface area contributed by atoms with E-state index >= 15 is 0 Å². The van der Waals surface area contributed by atoms with E-state index in [4.69, 9.17) is 23.2 Å². The van der Waals surface area contributed by atoms with Crippen LogP contribution in [0.1, 0.15) is 0 Å². The van der Waals surface area contributed by atoms with Crippen LogP contribution in [0.4, 0.5) is 15.9 Å². The standard InChI is InChI=1S/C15H9Cl2FN4/c16-10-7-9(4-5-11(10)18)20-14-8-13(17)21-15(22-14)12-3-1-2-6-19-12/h1-8H,(H,20,21,22). The number of hydrogen-bond donors (Lipinski definition) is 1. The Bertz CT molecular complexity index is 812. The highest BCUT2D eigenvalue weighted by Crippen LogP contribution is 2.24. The largest absolute Gasteiger partial charge is 0.340 e. The van der Waals surface area contributed by atoms with Crippen LogP contribution in [0.15, 0.2) is 48.7 Å². The third-order valence-corrected chi connectivity index (χ3v) is 3.26. The summed E-state index contributed by atoms with van der Waals surface area (Å²) in [6.07, 6.45) is 1.65. The van der Waals surface area contributed by atoms with Crippen molar-refractivity contribution in [3.8, 4) is 11.5 Å². The summed E-state index contributed by atoms with van der Waals surface area (Å²) in [6.45, 7) is 0. The van der Waals surface area contributed by atoms with Crippen LogP contribution in [0.3, 0.4) is 0 Å². The molecular weight excluding hydrogens is 326 g/mol. The first-order valence-corrected chi connectivity index (χ1v) is 7.05. The fourth-order valence-corrected chi connectivity index (χ4v) is 2.18. The van der Waals surface area contributed by atoms with Crippen molar-refractivity contribution in [2.75, 3.05) is 5.32 Å².